The molecule has 2 atom stereocenters. The van der Waals surface area contributed by atoms with E-state index in [-0.39, 0.29) is 17.6 Å². The van der Waals surface area contributed by atoms with Crippen molar-refractivity contribution < 1.29 is 23.1 Å². The highest BCUT2D eigenvalue weighted by Gasteiger charge is 2.26. The zero-order valence-corrected chi connectivity index (χ0v) is 13.9. The Kier molecular flexibility index (Phi) is 6.95. The molecular formula is C12H22N2O5S2. The van der Waals surface area contributed by atoms with Crippen LogP contribution >= 0.6 is 11.8 Å². The Bertz CT molecular complexity index is 480. The maximum absolute atomic E-state index is 11.5. The molecule has 0 spiro atoms. The third-order valence-corrected chi connectivity index (χ3v) is 5.81. The van der Waals surface area contributed by atoms with Crippen molar-refractivity contribution in [3.63, 3.8) is 0 Å². The summed E-state index contributed by atoms with van der Waals surface area (Å²) in [6.45, 7) is 2.33. The van der Waals surface area contributed by atoms with Crippen molar-refractivity contribution in [2.45, 2.75) is 25.8 Å². The highest BCUT2D eigenvalue weighted by Crippen LogP contribution is 2.22. The van der Waals surface area contributed by atoms with Crippen LogP contribution in [0.4, 0.5) is 0 Å². The summed E-state index contributed by atoms with van der Waals surface area (Å²) in [5.41, 5.74) is 0. The van der Waals surface area contributed by atoms with Crippen LogP contribution in [0, 0.1) is 5.92 Å². The standard InChI is InChI=1S/C12H22N2O5S2/c1-9(15)13-11(12(16)17)8-20-7-10-4-3-5-14(6-10)21(2,18)19/h10-11H,3-8H2,1-2H3,(H,13,15)(H,16,17)/t10?,11-/m0/s1. The van der Waals surface area contributed by atoms with Crippen molar-refractivity contribution in [2.24, 2.45) is 5.92 Å². The fourth-order valence-corrected chi connectivity index (χ4v) is 4.38. The highest BCUT2D eigenvalue weighted by atomic mass is 32.2. The quantitative estimate of drug-likeness (QED) is 0.676. The molecule has 7 nitrogen and oxygen atoms in total. The van der Waals surface area contributed by atoms with Crippen LogP contribution < -0.4 is 5.32 Å². The van der Waals surface area contributed by atoms with E-state index in [0.29, 0.717) is 18.8 Å². The number of sulfonamides is 1. The monoisotopic (exact) mass is 338 g/mol. The van der Waals surface area contributed by atoms with E-state index in [4.69, 9.17) is 5.11 Å². The number of piperidine rings is 1. The molecule has 1 heterocycles. The SMILES string of the molecule is CC(=O)N[C@@H](CSCC1CCCN(S(C)(=O)=O)C1)C(=O)O. The molecule has 0 aliphatic carbocycles. The van der Waals surface area contributed by atoms with Crippen molar-refractivity contribution in [1.82, 2.24) is 9.62 Å². The number of hydrogen-bond acceptors (Lipinski definition) is 5. The third kappa shape index (κ3) is 6.66. The Morgan fingerprint density at radius 2 is 2.14 bits per heavy atom. The van der Waals surface area contributed by atoms with Gasteiger partial charge in [-0.3, -0.25) is 4.79 Å². The summed E-state index contributed by atoms with van der Waals surface area (Å²) >= 11 is 1.43. The lowest BCUT2D eigenvalue weighted by Gasteiger charge is -2.30. The van der Waals surface area contributed by atoms with E-state index >= 15 is 0 Å². The molecule has 1 aliphatic rings. The Morgan fingerprint density at radius 3 is 2.67 bits per heavy atom. The molecule has 1 unspecified atom stereocenters. The Balaban J connectivity index is 2.40. The molecule has 1 amide bonds. The van der Waals surface area contributed by atoms with Gasteiger partial charge >= 0.3 is 5.97 Å². The predicted octanol–water partition coefficient (Wildman–Crippen LogP) is -0.0195. The molecular weight excluding hydrogens is 316 g/mol. The van der Waals surface area contributed by atoms with Gasteiger partial charge in [0.15, 0.2) is 0 Å². The van der Waals surface area contributed by atoms with Gasteiger partial charge in [0.25, 0.3) is 0 Å². The second kappa shape index (κ2) is 8.00. The van der Waals surface area contributed by atoms with Gasteiger partial charge in [0.1, 0.15) is 6.04 Å². The third-order valence-electron chi connectivity index (χ3n) is 3.26. The molecule has 0 bridgehead atoms. The van der Waals surface area contributed by atoms with E-state index in [9.17, 15) is 18.0 Å². The van der Waals surface area contributed by atoms with E-state index in [1.54, 1.807) is 0 Å². The van der Waals surface area contributed by atoms with Gasteiger partial charge in [0.05, 0.1) is 6.26 Å². The maximum Gasteiger partial charge on any atom is 0.327 e. The average Bonchev–Trinajstić information content (AvgIpc) is 2.36. The van der Waals surface area contributed by atoms with Crippen molar-refractivity contribution in [1.29, 1.82) is 0 Å². The number of thioether (sulfide) groups is 1. The summed E-state index contributed by atoms with van der Waals surface area (Å²) in [4.78, 5) is 21.9. The number of carboxylic acid groups (broad SMARTS) is 1. The van der Waals surface area contributed by atoms with Crippen LogP contribution in [0.2, 0.25) is 0 Å². The zero-order valence-electron chi connectivity index (χ0n) is 12.2. The molecule has 0 aromatic carbocycles. The number of nitrogens with zero attached hydrogens (tertiary/aromatic N) is 1. The van der Waals surface area contributed by atoms with Gasteiger partial charge in [-0.05, 0) is 24.5 Å². The Hall–Kier alpha value is -0.800. The lowest BCUT2D eigenvalue weighted by molar-refractivity contribution is -0.140. The summed E-state index contributed by atoms with van der Waals surface area (Å²) in [5.74, 6) is -0.229. The minimum absolute atomic E-state index is 0.227. The predicted molar refractivity (Wildman–Crippen MR) is 81.7 cm³/mol. The van der Waals surface area contributed by atoms with Crippen LogP contribution in [0.5, 0.6) is 0 Å². The summed E-state index contributed by atoms with van der Waals surface area (Å²) in [6.07, 6.45) is 2.98. The minimum Gasteiger partial charge on any atom is -0.480 e. The van der Waals surface area contributed by atoms with Crippen LogP contribution in [0.15, 0.2) is 0 Å². The smallest absolute Gasteiger partial charge is 0.327 e. The van der Waals surface area contributed by atoms with Crippen LogP contribution in [0.3, 0.4) is 0 Å². The highest BCUT2D eigenvalue weighted by molar-refractivity contribution is 7.99. The van der Waals surface area contributed by atoms with Crippen LogP contribution in [0.25, 0.3) is 0 Å². The minimum atomic E-state index is -3.16. The number of carbonyl (C=O) groups excluding carboxylic acids is 1. The average molecular weight is 338 g/mol. The van der Waals surface area contributed by atoms with Crippen molar-refractivity contribution in [3.8, 4) is 0 Å². The largest absolute Gasteiger partial charge is 0.480 e. The van der Waals surface area contributed by atoms with Gasteiger partial charge in [-0.25, -0.2) is 17.5 Å². The molecule has 21 heavy (non-hydrogen) atoms. The number of carbonyl (C=O) groups is 2. The van der Waals surface area contributed by atoms with Gasteiger partial charge in [-0.2, -0.15) is 11.8 Å². The molecule has 1 fully saturated rings. The molecule has 0 aromatic rings. The molecule has 0 radical (unpaired) electrons. The first kappa shape index (κ1) is 18.2. The van der Waals surface area contributed by atoms with Gasteiger partial charge in [-0.1, -0.05) is 0 Å². The van der Waals surface area contributed by atoms with E-state index in [1.807, 2.05) is 0 Å². The fraction of sp³-hybridized carbons (Fsp3) is 0.833. The maximum atomic E-state index is 11.5. The first-order chi connectivity index (χ1) is 9.70. The Morgan fingerprint density at radius 1 is 1.48 bits per heavy atom. The van der Waals surface area contributed by atoms with Crippen LogP contribution in [-0.4, -0.2) is 66.6 Å². The Labute approximate surface area is 129 Å². The van der Waals surface area contributed by atoms with E-state index in [2.05, 4.69) is 5.32 Å². The topological polar surface area (TPSA) is 104 Å². The van der Waals surface area contributed by atoms with Crippen molar-refractivity contribution in [2.75, 3.05) is 30.9 Å². The summed E-state index contributed by atoms with van der Waals surface area (Å²) in [6, 6.07) is -0.901. The van der Waals surface area contributed by atoms with E-state index in [1.165, 1.54) is 29.2 Å². The summed E-state index contributed by atoms with van der Waals surface area (Å²) in [7, 11) is -3.16. The molecule has 9 heteroatoms. The molecule has 1 aliphatic heterocycles. The first-order valence-electron chi connectivity index (χ1n) is 6.73. The lowest BCUT2D eigenvalue weighted by Crippen LogP contribution is -2.42. The lowest BCUT2D eigenvalue weighted by atomic mass is 10.0. The first-order valence-corrected chi connectivity index (χ1v) is 9.73. The van der Waals surface area contributed by atoms with Gasteiger partial charge in [-0.15, -0.1) is 0 Å². The second-order valence-corrected chi connectivity index (χ2v) is 8.32. The van der Waals surface area contributed by atoms with Gasteiger partial charge < -0.3 is 10.4 Å². The van der Waals surface area contributed by atoms with Crippen molar-refractivity contribution >= 4 is 33.7 Å². The molecule has 122 valence electrons. The van der Waals surface area contributed by atoms with Crippen LogP contribution in [-0.2, 0) is 19.6 Å². The summed E-state index contributed by atoms with van der Waals surface area (Å²) < 4.78 is 24.5. The van der Waals surface area contributed by atoms with Gasteiger partial charge in [0.2, 0.25) is 15.9 Å². The van der Waals surface area contributed by atoms with Gasteiger partial charge in [0, 0.05) is 25.8 Å². The van der Waals surface area contributed by atoms with Crippen LogP contribution in [0.1, 0.15) is 19.8 Å². The second-order valence-electron chi connectivity index (χ2n) is 5.26. The number of nitrogens with one attached hydrogen (secondary N) is 1. The molecule has 0 saturated carbocycles. The molecule has 1 saturated heterocycles. The number of amides is 1. The number of carboxylic acids is 1. The van der Waals surface area contributed by atoms with Crippen molar-refractivity contribution in [3.05, 3.63) is 0 Å². The zero-order chi connectivity index (χ0) is 16.0. The molecule has 0 aromatic heterocycles. The molecule has 2 N–H and O–H groups in total. The number of hydrogen-bond donors (Lipinski definition) is 2. The summed E-state index contributed by atoms with van der Waals surface area (Å²) in [5, 5.41) is 11.4. The molecule has 1 rings (SSSR count). The number of aliphatic carboxylic acids is 1. The van der Waals surface area contributed by atoms with E-state index < -0.39 is 22.0 Å². The normalized spacial score (nSPS) is 21.7. The number of rotatable bonds is 7. The fourth-order valence-electron chi connectivity index (χ4n) is 2.24. The van der Waals surface area contributed by atoms with E-state index in [0.717, 1.165) is 12.8 Å².